The first-order chi connectivity index (χ1) is 12.7. The molecule has 0 atom stereocenters. The molecule has 26 heavy (non-hydrogen) atoms. The molecule has 3 heterocycles. The number of hydrogen-bond acceptors (Lipinski definition) is 5. The summed E-state index contributed by atoms with van der Waals surface area (Å²) in [7, 11) is 0. The Morgan fingerprint density at radius 2 is 1.73 bits per heavy atom. The van der Waals surface area contributed by atoms with Crippen molar-refractivity contribution in [1.29, 1.82) is 0 Å². The van der Waals surface area contributed by atoms with Crippen LogP contribution in [0.2, 0.25) is 0 Å². The second-order valence-corrected chi connectivity index (χ2v) is 7.45. The maximum absolute atomic E-state index is 12.8. The molecule has 0 aliphatic carbocycles. The molecule has 2 aliphatic rings. The molecule has 0 radical (unpaired) electrons. The molecule has 2 fully saturated rings. The number of ether oxygens (including phenoxy) is 1. The summed E-state index contributed by atoms with van der Waals surface area (Å²) in [5.41, 5.74) is 1.50. The van der Waals surface area contributed by atoms with Crippen LogP contribution in [0.1, 0.15) is 36.0 Å². The van der Waals surface area contributed by atoms with Crippen LogP contribution < -0.4 is 0 Å². The van der Waals surface area contributed by atoms with Crippen molar-refractivity contribution in [2.24, 2.45) is 11.8 Å². The molecular formula is C19H23N3O3S. The minimum absolute atomic E-state index is 0.102. The molecule has 2 saturated heterocycles. The second kappa shape index (κ2) is 7.72. The quantitative estimate of drug-likeness (QED) is 0.831. The van der Waals surface area contributed by atoms with Crippen molar-refractivity contribution in [3.8, 4) is 11.5 Å². The van der Waals surface area contributed by atoms with E-state index < -0.39 is 0 Å². The summed E-state index contributed by atoms with van der Waals surface area (Å²) in [6.07, 6.45) is 4.54. The van der Waals surface area contributed by atoms with Crippen LogP contribution in [0.5, 0.6) is 0 Å². The Bertz CT molecular complexity index is 800. The molecular weight excluding hydrogens is 350 g/mol. The third kappa shape index (κ3) is 3.73. The van der Waals surface area contributed by atoms with Gasteiger partial charge in [-0.3, -0.25) is 4.79 Å². The Hall–Kier alpha value is -1.99. The van der Waals surface area contributed by atoms with Gasteiger partial charge in [-0.25, -0.2) is 5.10 Å². The Morgan fingerprint density at radius 3 is 2.35 bits per heavy atom. The van der Waals surface area contributed by atoms with Gasteiger partial charge >= 0.3 is 0 Å². The zero-order valence-electron chi connectivity index (χ0n) is 14.6. The topological polar surface area (TPSA) is 71.4 Å². The van der Waals surface area contributed by atoms with E-state index in [1.807, 2.05) is 29.2 Å². The van der Waals surface area contributed by atoms with E-state index in [1.54, 1.807) is 0 Å². The molecule has 0 saturated carbocycles. The highest BCUT2D eigenvalue weighted by Gasteiger charge is 2.29. The first-order valence-corrected chi connectivity index (χ1v) is 9.64. The number of nitrogens with one attached hydrogen (secondary N) is 1. The average Bonchev–Trinajstić information content (AvgIpc) is 3.15. The Kier molecular flexibility index (Phi) is 5.17. The highest BCUT2D eigenvalue weighted by atomic mass is 32.1. The zero-order valence-corrected chi connectivity index (χ0v) is 15.5. The van der Waals surface area contributed by atoms with Crippen LogP contribution in [-0.2, 0) is 4.74 Å². The van der Waals surface area contributed by atoms with Gasteiger partial charge in [0.15, 0.2) is 0 Å². The van der Waals surface area contributed by atoms with Gasteiger partial charge in [-0.2, -0.15) is 0 Å². The first kappa shape index (κ1) is 17.4. The maximum atomic E-state index is 12.8. The van der Waals surface area contributed by atoms with Gasteiger partial charge in [-0.1, -0.05) is 0 Å². The fourth-order valence-corrected chi connectivity index (χ4v) is 4.18. The normalized spacial score (nSPS) is 19.6. The van der Waals surface area contributed by atoms with Gasteiger partial charge in [-0.15, -0.1) is 5.10 Å². The van der Waals surface area contributed by atoms with E-state index >= 15 is 0 Å². The number of nitrogens with zero attached hydrogens (tertiary/aromatic N) is 2. The summed E-state index contributed by atoms with van der Waals surface area (Å²) in [6.45, 7) is 3.48. The minimum atomic E-state index is 0.102. The number of carbonyl (C=O) groups excluding carboxylic acids is 1. The molecule has 1 amide bonds. The Morgan fingerprint density at radius 1 is 1.08 bits per heavy atom. The van der Waals surface area contributed by atoms with Gasteiger partial charge in [0.2, 0.25) is 5.89 Å². The Balaban J connectivity index is 1.36. The van der Waals surface area contributed by atoms with Gasteiger partial charge in [0.25, 0.3) is 10.7 Å². The van der Waals surface area contributed by atoms with Crippen molar-refractivity contribution in [2.75, 3.05) is 26.3 Å². The predicted octanol–water partition coefficient (Wildman–Crippen LogP) is 3.68. The summed E-state index contributed by atoms with van der Waals surface area (Å²) in [4.78, 5) is 15.0. The lowest BCUT2D eigenvalue weighted by molar-refractivity contribution is 0.0288. The average molecular weight is 373 g/mol. The molecule has 7 heteroatoms. The number of carbonyl (C=O) groups is 1. The van der Waals surface area contributed by atoms with Crippen molar-refractivity contribution in [2.45, 2.75) is 25.7 Å². The Labute approximate surface area is 157 Å². The number of benzene rings is 1. The van der Waals surface area contributed by atoms with Crippen molar-refractivity contribution in [3.05, 3.63) is 34.7 Å². The van der Waals surface area contributed by atoms with Gasteiger partial charge in [0.1, 0.15) is 0 Å². The molecule has 2 aromatic rings. The number of rotatable bonds is 3. The van der Waals surface area contributed by atoms with Crippen molar-refractivity contribution in [1.82, 2.24) is 15.1 Å². The standard InChI is InChI=1S/C19H23N3O3S/c23-18(16-3-1-15(2-4-16)17-20-21-19(26)25-17)22-9-5-13(6-10-22)14-7-11-24-12-8-14/h1-4,13-14H,5-12H2,(H,21,26). The number of likely N-dealkylation sites (tertiary alicyclic amines) is 1. The third-order valence-corrected chi connectivity index (χ3v) is 5.75. The maximum Gasteiger partial charge on any atom is 0.284 e. The zero-order chi connectivity index (χ0) is 17.9. The molecule has 138 valence electrons. The second-order valence-electron chi connectivity index (χ2n) is 7.08. The molecule has 1 aromatic heterocycles. The molecule has 4 rings (SSSR count). The smallest absolute Gasteiger partial charge is 0.284 e. The lowest BCUT2D eigenvalue weighted by Crippen LogP contribution is -2.40. The monoisotopic (exact) mass is 373 g/mol. The molecule has 6 nitrogen and oxygen atoms in total. The number of H-pyrrole nitrogens is 1. The molecule has 0 unspecified atom stereocenters. The predicted molar refractivity (Wildman–Crippen MR) is 99.3 cm³/mol. The van der Waals surface area contributed by atoms with E-state index in [0.29, 0.717) is 11.5 Å². The highest BCUT2D eigenvalue weighted by Crippen LogP contribution is 2.32. The van der Waals surface area contributed by atoms with Crippen LogP contribution in [-0.4, -0.2) is 47.3 Å². The third-order valence-electron chi connectivity index (χ3n) is 5.58. The van der Waals surface area contributed by atoms with Gasteiger partial charge < -0.3 is 14.1 Å². The number of piperidine rings is 1. The van der Waals surface area contributed by atoms with Crippen LogP contribution in [0, 0.1) is 16.7 Å². The lowest BCUT2D eigenvalue weighted by Gasteiger charge is -2.37. The lowest BCUT2D eigenvalue weighted by atomic mass is 9.80. The van der Waals surface area contributed by atoms with E-state index in [2.05, 4.69) is 10.2 Å². The SMILES string of the molecule is O=C(c1ccc(-c2n[nH]c(=S)o2)cc1)N1CCC(C2CCOCC2)CC1. The summed E-state index contributed by atoms with van der Waals surface area (Å²) in [5.74, 6) is 2.04. The summed E-state index contributed by atoms with van der Waals surface area (Å²) < 4.78 is 10.8. The van der Waals surface area contributed by atoms with Crippen molar-refractivity contribution >= 4 is 18.1 Å². The van der Waals surface area contributed by atoms with Crippen LogP contribution in [0.15, 0.2) is 28.7 Å². The van der Waals surface area contributed by atoms with Gasteiger partial charge in [0.05, 0.1) is 0 Å². The molecule has 1 aromatic carbocycles. The van der Waals surface area contributed by atoms with Gasteiger partial charge in [-0.05, 0) is 74.0 Å². The van der Waals surface area contributed by atoms with Crippen LogP contribution >= 0.6 is 12.2 Å². The highest BCUT2D eigenvalue weighted by molar-refractivity contribution is 7.71. The van der Waals surface area contributed by atoms with Crippen LogP contribution in [0.4, 0.5) is 0 Å². The fourth-order valence-electron chi connectivity index (χ4n) is 4.05. The number of aromatic nitrogens is 2. The molecule has 2 aliphatic heterocycles. The summed E-state index contributed by atoms with van der Waals surface area (Å²) >= 11 is 4.89. The first-order valence-electron chi connectivity index (χ1n) is 9.23. The minimum Gasteiger partial charge on any atom is -0.409 e. The summed E-state index contributed by atoms with van der Waals surface area (Å²) in [6, 6.07) is 7.35. The largest absolute Gasteiger partial charge is 0.409 e. The van der Waals surface area contributed by atoms with Crippen molar-refractivity contribution < 1.29 is 13.9 Å². The number of aromatic amines is 1. The van der Waals surface area contributed by atoms with Gasteiger partial charge in [0, 0.05) is 37.4 Å². The molecule has 0 spiro atoms. The number of amides is 1. The fraction of sp³-hybridized carbons (Fsp3) is 0.526. The van der Waals surface area contributed by atoms with Crippen LogP contribution in [0.25, 0.3) is 11.5 Å². The van der Waals surface area contributed by atoms with E-state index in [1.165, 1.54) is 12.8 Å². The summed E-state index contributed by atoms with van der Waals surface area (Å²) in [5, 5.41) is 6.61. The number of hydrogen-bond donors (Lipinski definition) is 1. The van der Waals surface area contributed by atoms with E-state index in [9.17, 15) is 4.79 Å². The van der Waals surface area contributed by atoms with Crippen LogP contribution in [0.3, 0.4) is 0 Å². The van der Waals surface area contributed by atoms with E-state index in [-0.39, 0.29) is 10.7 Å². The van der Waals surface area contributed by atoms with E-state index in [4.69, 9.17) is 21.4 Å². The molecule has 1 N–H and O–H groups in total. The molecule has 0 bridgehead atoms. The van der Waals surface area contributed by atoms with E-state index in [0.717, 1.165) is 56.5 Å². The van der Waals surface area contributed by atoms with Crippen molar-refractivity contribution in [3.63, 3.8) is 0 Å².